The molecule has 40 heavy (non-hydrogen) atoms. The molecule has 3 amide bonds. The number of rotatable bonds is 9. The van der Waals surface area contributed by atoms with Crippen LogP contribution in [0.3, 0.4) is 0 Å². The number of amides is 3. The molecule has 3 saturated heterocycles. The first kappa shape index (κ1) is 26.4. The van der Waals surface area contributed by atoms with Gasteiger partial charge in [-0.05, 0) is 49.4 Å². The molecule has 2 aromatic carbocycles. The molecule has 4 heterocycles. The molecule has 11 nitrogen and oxygen atoms in total. The third-order valence-electron chi connectivity index (χ3n) is 8.50. The average molecular weight is 547 g/mol. The number of fused-ring (bicyclic) bond motifs is 2. The number of carbonyl (C=O) groups excluding carboxylic acids is 3. The van der Waals surface area contributed by atoms with Gasteiger partial charge in [0.05, 0.1) is 36.1 Å². The molecule has 0 radical (unpaired) electrons. The topological polar surface area (TPSA) is 139 Å². The van der Waals surface area contributed by atoms with E-state index < -0.39 is 41.5 Å². The van der Waals surface area contributed by atoms with E-state index in [1.54, 1.807) is 16.8 Å². The summed E-state index contributed by atoms with van der Waals surface area (Å²) in [6, 6.07) is 15.0. The van der Waals surface area contributed by atoms with Crippen LogP contribution >= 0.6 is 0 Å². The minimum absolute atomic E-state index is 0.0496. The molecule has 3 fully saturated rings. The van der Waals surface area contributed by atoms with Crippen LogP contribution in [-0.2, 0) is 25.8 Å². The van der Waals surface area contributed by atoms with Crippen molar-refractivity contribution in [1.29, 1.82) is 0 Å². The number of aliphatic hydroxyl groups is 1. The quantitative estimate of drug-likeness (QED) is 0.373. The largest absolute Gasteiger partial charge is 0.394 e. The molecule has 2 bridgehead atoms. The van der Waals surface area contributed by atoms with Crippen LogP contribution in [0, 0.1) is 17.8 Å². The molecule has 0 saturated carbocycles. The molecule has 210 valence electrons. The summed E-state index contributed by atoms with van der Waals surface area (Å²) >= 11 is 0. The Morgan fingerprint density at radius 2 is 1.88 bits per heavy atom. The first-order valence-electron chi connectivity index (χ1n) is 13.9. The van der Waals surface area contributed by atoms with E-state index in [0.717, 1.165) is 5.52 Å². The van der Waals surface area contributed by atoms with Gasteiger partial charge in [0.25, 0.3) is 0 Å². The van der Waals surface area contributed by atoms with Gasteiger partial charge in [-0.15, -0.1) is 5.10 Å². The number of nitrogens with one attached hydrogen (secondary N) is 2. The molecule has 1 aromatic heterocycles. The zero-order valence-corrected chi connectivity index (χ0v) is 22.6. The first-order valence-corrected chi connectivity index (χ1v) is 13.9. The molecule has 1 spiro atoms. The van der Waals surface area contributed by atoms with E-state index >= 15 is 0 Å². The van der Waals surface area contributed by atoms with E-state index in [0.29, 0.717) is 30.5 Å². The molecule has 3 N–H and O–H groups in total. The Kier molecular flexibility index (Phi) is 6.79. The third kappa shape index (κ3) is 4.24. The molecule has 0 aliphatic carbocycles. The number of ether oxygens (including phenoxy) is 1. The molecule has 2 unspecified atom stereocenters. The molecule has 11 heteroatoms. The van der Waals surface area contributed by atoms with E-state index in [-0.39, 0.29) is 31.0 Å². The van der Waals surface area contributed by atoms with Crippen molar-refractivity contribution in [2.24, 2.45) is 17.8 Å². The van der Waals surface area contributed by atoms with Gasteiger partial charge in [-0.1, -0.05) is 49.4 Å². The lowest BCUT2D eigenvalue weighted by atomic mass is 9.70. The van der Waals surface area contributed by atoms with Crippen molar-refractivity contribution in [3.05, 3.63) is 54.6 Å². The monoisotopic (exact) mass is 546 g/mol. The Bertz CT molecular complexity index is 1430. The Labute approximate surface area is 231 Å². The van der Waals surface area contributed by atoms with Crippen molar-refractivity contribution in [3.63, 3.8) is 0 Å². The van der Waals surface area contributed by atoms with Crippen molar-refractivity contribution < 1.29 is 24.2 Å². The molecular weight excluding hydrogens is 512 g/mol. The summed E-state index contributed by atoms with van der Waals surface area (Å²) in [5.41, 5.74) is 0.950. The van der Waals surface area contributed by atoms with Gasteiger partial charge in [-0.3, -0.25) is 14.4 Å². The SMILES string of the molecule is CC(C)C[C@H](CO)N1C(=O)[C@@H]2[C@@H](C(=O)Nc3ccccc3)[C@H]3CCC2(O3)C1C(=O)NCn1nnc2ccccc21. The minimum atomic E-state index is -1.15. The van der Waals surface area contributed by atoms with Crippen LogP contribution in [0.4, 0.5) is 5.69 Å². The number of likely N-dealkylation sites (tertiary alicyclic amines) is 1. The van der Waals surface area contributed by atoms with Crippen molar-refractivity contribution in [1.82, 2.24) is 25.2 Å². The fraction of sp³-hybridized carbons (Fsp3) is 0.483. The molecule has 3 aliphatic rings. The number of carbonyl (C=O) groups is 3. The molecule has 6 rings (SSSR count). The molecule has 3 aromatic rings. The maximum Gasteiger partial charge on any atom is 0.247 e. The Balaban J connectivity index is 1.32. The number of anilines is 1. The van der Waals surface area contributed by atoms with E-state index in [4.69, 9.17) is 4.74 Å². The zero-order chi connectivity index (χ0) is 28.0. The van der Waals surface area contributed by atoms with E-state index in [1.807, 2.05) is 56.3 Å². The van der Waals surface area contributed by atoms with Gasteiger partial charge >= 0.3 is 0 Å². The third-order valence-corrected chi connectivity index (χ3v) is 8.50. The second-order valence-electron chi connectivity index (χ2n) is 11.4. The molecule has 6 atom stereocenters. The van der Waals surface area contributed by atoms with Crippen LogP contribution in [0.1, 0.15) is 33.1 Å². The second kappa shape index (κ2) is 10.3. The van der Waals surface area contributed by atoms with Gasteiger partial charge in [0, 0.05) is 5.69 Å². The highest BCUT2D eigenvalue weighted by Gasteiger charge is 2.75. The van der Waals surface area contributed by atoms with Gasteiger partial charge in [0.15, 0.2) is 0 Å². The summed E-state index contributed by atoms with van der Waals surface area (Å²) in [5.74, 6) is -2.40. The lowest BCUT2D eigenvalue weighted by molar-refractivity contribution is -0.145. The van der Waals surface area contributed by atoms with E-state index in [9.17, 15) is 19.5 Å². The highest BCUT2D eigenvalue weighted by molar-refractivity contribution is 6.02. The maximum atomic E-state index is 14.2. The van der Waals surface area contributed by atoms with E-state index in [2.05, 4.69) is 20.9 Å². The lowest BCUT2D eigenvalue weighted by Crippen LogP contribution is -2.58. The van der Waals surface area contributed by atoms with E-state index in [1.165, 1.54) is 4.90 Å². The van der Waals surface area contributed by atoms with Gasteiger partial charge in [0.2, 0.25) is 17.7 Å². The van der Waals surface area contributed by atoms with Crippen LogP contribution in [0.15, 0.2) is 54.6 Å². The first-order chi connectivity index (χ1) is 19.3. The number of hydrogen-bond acceptors (Lipinski definition) is 7. The second-order valence-corrected chi connectivity index (χ2v) is 11.4. The maximum absolute atomic E-state index is 14.2. The number of nitrogens with zero attached hydrogens (tertiary/aromatic N) is 4. The fourth-order valence-corrected chi connectivity index (χ4v) is 6.94. The number of benzene rings is 2. The number of aromatic nitrogens is 3. The minimum Gasteiger partial charge on any atom is -0.394 e. The zero-order valence-electron chi connectivity index (χ0n) is 22.6. The summed E-state index contributed by atoms with van der Waals surface area (Å²) in [6.45, 7) is 3.76. The van der Waals surface area contributed by atoms with Crippen LogP contribution in [0.2, 0.25) is 0 Å². The number of hydrogen-bond donors (Lipinski definition) is 3. The summed E-state index contributed by atoms with van der Waals surface area (Å²) in [6.07, 6.45) is 1.08. The fourth-order valence-electron chi connectivity index (χ4n) is 6.94. The highest BCUT2D eigenvalue weighted by atomic mass is 16.5. The average Bonchev–Trinajstić information content (AvgIpc) is 3.70. The van der Waals surface area contributed by atoms with Gasteiger partial charge < -0.3 is 25.4 Å². The highest BCUT2D eigenvalue weighted by Crippen LogP contribution is 2.59. The summed E-state index contributed by atoms with van der Waals surface area (Å²) < 4.78 is 8.08. The summed E-state index contributed by atoms with van der Waals surface area (Å²) in [4.78, 5) is 43.3. The Morgan fingerprint density at radius 1 is 1.12 bits per heavy atom. The van der Waals surface area contributed by atoms with Gasteiger partial charge in [-0.25, -0.2) is 4.68 Å². The predicted molar refractivity (Wildman–Crippen MR) is 146 cm³/mol. The van der Waals surface area contributed by atoms with Crippen molar-refractivity contribution in [3.8, 4) is 0 Å². The summed E-state index contributed by atoms with van der Waals surface area (Å²) in [7, 11) is 0. The van der Waals surface area contributed by atoms with Crippen LogP contribution in [0.5, 0.6) is 0 Å². The van der Waals surface area contributed by atoms with Crippen molar-refractivity contribution >= 4 is 34.4 Å². The predicted octanol–water partition coefficient (Wildman–Crippen LogP) is 1.93. The van der Waals surface area contributed by atoms with Crippen LogP contribution in [-0.4, -0.2) is 73.1 Å². The Morgan fingerprint density at radius 3 is 2.62 bits per heavy atom. The Hall–Kier alpha value is -3.83. The van der Waals surface area contributed by atoms with Gasteiger partial charge in [0.1, 0.15) is 23.8 Å². The number of para-hydroxylation sites is 2. The normalized spacial score (nSPS) is 27.8. The summed E-state index contributed by atoms with van der Waals surface area (Å²) in [5, 5.41) is 24.6. The molecule has 3 aliphatic heterocycles. The van der Waals surface area contributed by atoms with Crippen LogP contribution < -0.4 is 10.6 Å². The van der Waals surface area contributed by atoms with Crippen molar-refractivity contribution in [2.75, 3.05) is 11.9 Å². The molecular formula is C29H34N6O5. The number of aliphatic hydroxyl groups excluding tert-OH is 1. The van der Waals surface area contributed by atoms with Gasteiger partial charge in [-0.2, -0.15) is 0 Å². The lowest BCUT2D eigenvalue weighted by Gasteiger charge is -2.37. The van der Waals surface area contributed by atoms with Crippen molar-refractivity contribution in [2.45, 2.75) is 63.6 Å². The standard InChI is InChI=1S/C29H34N6O5/c1-17(2)14-19(15-36)35-25(27(38)30-16-34-21-11-7-6-10-20(21)32-33-34)29-13-12-22(40-29)23(24(29)28(35)39)26(37)31-18-8-4-3-5-9-18/h3-11,17,19,22-25,36H,12-16H2,1-2H3,(H,30,38)(H,31,37)/t19-,22-,23+,24+,25?,29?/m1/s1. The van der Waals surface area contributed by atoms with Crippen LogP contribution in [0.25, 0.3) is 11.0 Å². The smallest absolute Gasteiger partial charge is 0.247 e.